The van der Waals surface area contributed by atoms with E-state index in [-0.39, 0.29) is 11.9 Å². The summed E-state index contributed by atoms with van der Waals surface area (Å²) in [6, 6.07) is 4.01. The van der Waals surface area contributed by atoms with E-state index in [0.29, 0.717) is 18.9 Å². The molecule has 2 rings (SSSR count). The second-order valence-electron chi connectivity index (χ2n) is 5.51. The van der Waals surface area contributed by atoms with E-state index < -0.39 is 0 Å². The van der Waals surface area contributed by atoms with Crippen molar-refractivity contribution in [3.05, 3.63) is 21.3 Å². The first-order chi connectivity index (χ1) is 9.69. The topological polar surface area (TPSA) is 55.1 Å². The average molecular weight is 315 g/mol. The lowest BCUT2D eigenvalue weighted by molar-refractivity contribution is -0.122. The zero-order valence-electron chi connectivity index (χ0n) is 11.7. The molecule has 1 atom stereocenters. The van der Waals surface area contributed by atoms with Crippen LogP contribution < -0.4 is 11.1 Å². The van der Waals surface area contributed by atoms with Gasteiger partial charge in [0.1, 0.15) is 0 Å². The number of carbonyl (C=O) groups excluding carboxylic acids is 1. The van der Waals surface area contributed by atoms with Crippen LogP contribution in [0.2, 0.25) is 4.34 Å². The molecule has 1 fully saturated rings. The summed E-state index contributed by atoms with van der Waals surface area (Å²) in [6.07, 6.45) is 7.52. The molecule has 0 aliphatic heterocycles. The summed E-state index contributed by atoms with van der Waals surface area (Å²) in [6.45, 7) is 0.543. The summed E-state index contributed by atoms with van der Waals surface area (Å²) in [4.78, 5) is 13.2. The number of hydrogen-bond acceptors (Lipinski definition) is 3. The van der Waals surface area contributed by atoms with Gasteiger partial charge in [-0.3, -0.25) is 4.79 Å². The molecule has 0 aromatic carbocycles. The minimum atomic E-state index is 0.107. The van der Waals surface area contributed by atoms with E-state index in [1.807, 2.05) is 12.1 Å². The minimum absolute atomic E-state index is 0.107. The van der Waals surface area contributed by atoms with E-state index in [4.69, 9.17) is 17.3 Å². The Hall–Kier alpha value is -0.580. The van der Waals surface area contributed by atoms with Crippen LogP contribution >= 0.6 is 22.9 Å². The molecule has 0 spiro atoms. The number of thiophene rings is 1. The van der Waals surface area contributed by atoms with Gasteiger partial charge >= 0.3 is 0 Å². The van der Waals surface area contributed by atoms with Crippen molar-refractivity contribution in [2.75, 3.05) is 6.54 Å². The van der Waals surface area contributed by atoms with Gasteiger partial charge in [-0.05, 0) is 37.3 Å². The van der Waals surface area contributed by atoms with Gasteiger partial charge in [-0.1, -0.05) is 30.9 Å². The van der Waals surface area contributed by atoms with Crippen molar-refractivity contribution in [1.82, 2.24) is 5.32 Å². The molecule has 5 heteroatoms. The summed E-state index contributed by atoms with van der Waals surface area (Å²) in [5, 5.41) is 3.12. The number of halogens is 1. The third-order valence-electron chi connectivity index (χ3n) is 4.05. The van der Waals surface area contributed by atoms with Crippen molar-refractivity contribution in [3.8, 4) is 0 Å². The van der Waals surface area contributed by atoms with E-state index in [1.54, 1.807) is 11.3 Å². The lowest BCUT2D eigenvalue weighted by Crippen LogP contribution is -2.45. The predicted molar refractivity (Wildman–Crippen MR) is 85.2 cm³/mol. The Kier molecular flexibility index (Phi) is 6.33. The monoisotopic (exact) mass is 314 g/mol. The molecule has 1 aromatic heterocycles. The SMILES string of the molecule is NCC(NC(=O)CCc1ccc(Cl)s1)C1CCCCC1. The first-order valence-corrected chi connectivity index (χ1v) is 8.62. The number of amides is 1. The van der Waals surface area contributed by atoms with Crippen molar-refractivity contribution in [2.24, 2.45) is 11.7 Å². The molecule has 1 aromatic rings. The minimum Gasteiger partial charge on any atom is -0.352 e. The smallest absolute Gasteiger partial charge is 0.220 e. The van der Waals surface area contributed by atoms with Gasteiger partial charge in [-0.15, -0.1) is 11.3 Å². The molecule has 1 aliphatic rings. The van der Waals surface area contributed by atoms with Crippen molar-refractivity contribution in [2.45, 2.75) is 51.0 Å². The number of carbonyl (C=O) groups is 1. The van der Waals surface area contributed by atoms with Crippen molar-refractivity contribution < 1.29 is 4.79 Å². The summed E-state index contributed by atoms with van der Waals surface area (Å²) >= 11 is 7.43. The first-order valence-electron chi connectivity index (χ1n) is 7.42. The normalized spacial score (nSPS) is 17.9. The molecule has 1 saturated carbocycles. The Morgan fingerprint density at radius 3 is 2.75 bits per heavy atom. The maximum absolute atomic E-state index is 12.0. The summed E-state index contributed by atoms with van der Waals surface area (Å²) in [5.74, 6) is 0.671. The summed E-state index contributed by atoms with van der Waals surface area (Å²) in [5.41, 5.74) is 5.83. The Labute approximate surface area is 129 Å². The zero-order valence-corrected chi connectivity index (χ0v) is 13.3. The van der Waals surface area contributed by atoms with Crippen molar-refractivity contribution in [1.29, 1.82) is 0 Å². The first kappa shape index (κ1) is 15.8. The standard InChI is InChI=1S/C15H23ClN2OS/c16-14-8-6-12(20-14)7-9-15(19)18-13(10-17)11-4-2-1-3-5-11/h6,8,11,13H,1-5,7,9-10,17H2,(H,18,19). The molecular weight excluding hydrogens is 292 g/mol. The number of nitrogens with one attached hydrogen (secondary N) is 1. The maximum Gasteiger partial charge on any atom is 0.220 e. The Morgan fingerprint density at radius 2 is 2.15 bits per heavy atom. The molecule has 1 amide bonds. The highest BCUT2D eigenvalue weighted by Crippen LogP contribution is 2.26. The third kappa shape index (κ3) is 4.76. The highest BCUT2D eigenvalue weighted by atomic mass is 35.5. The number of nitrogens with two attached hydrogens (primary N) is 1. The fraction of sp³-hybridized carbons (Fsp3) is 0.667. The zero-order chi connectivity index (χ0) is 14.4. The molecule has 20 heavy (non-hydrogen) atoms. The second-order valence-corrected chi connectivity index (χ2v) is 7.31. The Balaban J connectivity index is 1.76. The van der Waals surface area contributed by atoms with Gasteiger partial charge in [-0.2, -0.15) is 0 Å². The lowest BCUT2D eigenvalue weighted by atomic mass is 9.84. The number of aryl methyl sites for hydroxylation is 1. The van der Waals surface area contributed by atoms with Gasteiger partial charge in [0.05, 0.1) is 4.34 Å². The number of rotatable bonds is 6. The van der Waals surface area contributed by atoms with E-state index in [0.717, 1.165) is 15.6 Å². The van der Waals surface area contributed by atoms with Crippen molar-refractivity contribution in [3.63, 3.8) is 0 Å². The second kappa shape index (κ2) is 8.01. The fourth-order valence-corrected chi connectivity index (χ4v) is 3.99. The maximum atomic E-state index is 12.0. The molecule has 3 nitrogen and oxygen atoms in total. The van der Waals surface area contributed by atoms with Gasteiger partial charge in [0.25, 0.3) is 0 Å². The van der Waals surface area contributed by atoms with Gasteiger partial charge in [0.15, 0.2) is 0 Å². The molecular formula is C15H23ClN2OS. The van der Waals surface area contributed by atoms with E-state index >= 15 is 0 Å². The molecule has 112 valence electrons. The van der Waals surface area contributed by atoms with Crippen LogP contribution in [0, 0.1) is 5.92 Å². The number of hydrogen-bond donors (Lipinski definition) is 2. The van der Waals surface area contributed by atoms with Crippen LogP contribution in [0.3, 0.4) is 0 Å². The molecule has 1 unspecified atom stereocenters. The highest BCUT2D eigenvalue weighted by molar-refractivity contribution is 7.16. The molecule has 1 aliphatic carbocycles. The molecule has 3 N–H and O–H groups in total. The summed E-state index contributed by atoms with van der Waals surface area (Å²) in [7, 11) is 0. The van der Waals surface area contributed by atoms with Crippen LogP contribution in [0.25, 0.3) is 0 Å². The van der Waals surface area contributed by atoms with E-state index in [2.05, 4.69) is 5.32 Å². The fourth-order valence-electron chi connectivity index (χ4n) is 2.91. The highest BCUT2D eigenvalue weighted by Gasteiger charge is 2.23. The van der Waals surface area contributed by atoms with Gasteiger partial charge in [-0.25, -0.2) is 0 Å². The van der Waals surface area contributed by atoms with Gasteiger partial charge in [0, 0.05) is 23.9 Å². The van der Waals surface area contributed by atoms with Gasteiger partial charge < -0.3 is 11.1 Å². The Bertz CT molecular complexity index is 429. The van der Waals surface area contributed by atoms with Crippen LogP contribution in [-0.2, 0) is 11.2 Å². The van der Waals surface area contributed by atoms with Crippen LogP contribution in [0.1, 0.15) is 43.4 Å². The predicted octanol–water partition coefficient (Wildman–Crippen LogP) is 3.36. The molecule has 0 radical (unpaired) electrons. The molecule has 0 saturated heterocycles. The van der Waals surface area contributed by atoms with Crippen LogP contribution in [0.15, 0.2) is 12.1 Å². The van der Waals surface area contributed by atoms with Crippen LogP contribution in [-0.4, -0.2) is 18.5 Å². The van der Waals surface area contributed by atoms with Crippen LogP contribution in [0.4, 0.5) is 0 Å². The lowest BCUT2D eigenvalue weighted by Gasteiger charge is -2.30. The molecule has 1 heterocycles. The van der Waals surface area contributed by atoms with Crippen LogP contribution in [0.5, 0.6) is 0 Å². The van der Waals surface area contributed by atoms with Gasteiger partial charge in [0.2, 0.25) is 5.91 Å². The largest absolute Gasteiger partial charge is 0.352 e. The summed E-state index contributed by atoms with van der Waals surface area (Å²) < 4.78 is 0.780. The van der Waals surface area contributed by atoms with Crippen molar-refractivity contribution >= 4 is 28.8 Å². The van der Waals surface area contributed by atoms with E-state index in [9.17, 15) is 4.79 Å². The quantitative estimate of drug-likeness (QED) is 0.846. The average Bonchev–Trinajstić information content (AvgIpc) is 2.89. The Morgan fingerprint density at radius 1 is 1.40 bits per heavy atom. The molecule has 0 bridgehead atoms. The van der Waals surface area contributed by atoms with E-state index in [1.165, 1.54) is 32.1 Å². The third-order valence-corrected chi connectivity index (χ3v) is 5.34.